The van der Waals surface area contributed by atoms with E-state index in [-0.39, 0.29) is 63.0 Å². The normalized spacial score (nSPS) is 13.9. The molecule has 1 atom stereocenters. The van der Waals surface area contributed by atoms with Crippen molar-refractivity contribution in [2.75, 3.05) is 71.5 Å². The molecule has 48 heavy (non-hydrogen) atoms. The number of carbonyl (C=O) groups excluding carboxylic acids is 5. The Bertz CT molecular complexity index is 1160. The third-order valence-corrected chi connectivity index (χ3v) is 7.80. The third kappa shape index (κ3) is 15.9. The lowest BCUT2D eigenvalue weighted by atomic mass is 10.0. The van der Waals surface area contributed by atoms with Gasteiger partial charge in [0.1, 0.15) is 6.61 Å². The maximum Gasteiger partial charge on any atom is 0.410 e. The molecule has 3 amide bonds. The van der Waals surface area contributed by atoms with Crippen LogP contribution in [0.4, 0.5) is 10.5 Å². The maximum atomic E-state index is 13.0. The van der Waals surface area contributed by atoms with Crippen LogP contribution >= 0.6 is 0 Å². The summed E-state index contributed by atoms with van der Waals surface area (Å²) in [7, 11) is 1.52. The Morgan fingerprint density at radius 2 is 1.60 bits per heavy atom. The van der Waals surface area contributed by atoms with Crippen LogP contribution in [0.3, 0.4) is 0 Å². The van der Waals surface area contributed by atoms with Gasteiger partial charge < -0.3 is 34.2 Å². The van der Waals surface area contributed by atoms with Gasteiger partial charge in [0.2, 0.25) is 5.91 Å². The average molecular weight is 678 g/mol. The van der Waals surface area contributed by atoms with Crippen molar-refractivity contribution in [1.82, 2.24) is 20.2 Å². The molecule has 1 aromatic rings. The maximum absolute atomic E-state index is 13.0. The van der Waals surface area contributed by atoms with Crippen LogP contribution in [-0.2, 0) is 44.8 Å². The fraction of sp³-hybridized carbons (Fsp3) is 0.676. The Morgan fingerprint density at radius 1 is 0.917 bits per heavy atom. The number of rotatable bonds is 20. The summed E-state index contributed by atoms with van der Waals surface area (Å²) < 4.78 is 16.7. The fourth-order valence-corrected chi connectivity index (χ4v) is 4.77. The smallest absolute Gasteiger partial charge is 0.410 e. The van der Waals surface area contributed by atoms with Crippen molar-refractivity contribution in [3.8, 4) is 0 Å². The predicted molar refractivity (Wildman–Crippen MR) is 180 cm³/mol. The highest BCUT2D eigenvalue weighted by Crippen LogP contribution is 2.13. The molecule has 0 radical (unpaired) electrons. The molecule has 0 bridgehead atoms. The number of nitrogens with one attached hydrogen (secondary N) is 2. The Labute approximate surface area is 284 Å². The Morgan fingerprint density at radius 3 is 2.25 bits per heavy atom. The van der Waals surface area contributed by atoms with E-state index in [0.29, 0.717) is 32.5 Å². The number of ketones is 1. The van der Waals surface area contributed by atoms with Gasteiger partial charge in [0.05, 0.1) is 32.5 Å². The summed E-state index contributed by atoms with van der Waals surface area (Å²) in [4.78, 5) is 72.0. The van der Waals surface area contributed by atoms with Crippen molar-refractivity contribution >= 4 is 35.3 Å². The molecule has 1 aliphatic heterocycles. The highest BCUT2D eigenvalue weighted by atomic mass is 16.7. The lowest BCUT2D eigenvalue weighted by molar-refractivity contribution is -0.158. The molecule has 0 spiro atoms. The quantitative estimate of drug-likeness (QED) is 0.155. The summed E-state index contributed by atoms with van der Waals surface area (Å²) in [5, 5.41) is 3.32. The molecule has 0 aliphatic carbocycles. The van der Waals surface area contributed by atoms with Gasteiger partial charge >= 0.3 is 12.1 Å². The van der Waals surface area contributed by atoms with Crippen molar-refractivity contribution in [1.29, 1.82) is 0 Å². The van der Waals surface area contributed by atoms with Crippen LogP contribution < -0.4 is 10.8 Å². The first kappa shape index (κ1) is 40.4. The minimum atomic E-state index is -0.687. The zero-order valence-electron chi connectivity index (χ0n) is 29.5. The molecule has 1 heterocycles. The third-order valence-electron chi connectivity index (χ3n) is 7.80. The van der Waals surface area contributed by atoms with E-state index in [4.69, 9.17) is 19.0 Å². The molecule has 1 saturated heterocycles. The van der Waals surface area contributed by atoms with E-state index in [1.807, 2.05) is 24.3 Å². The lowest BCUT2D eigenvalue weighted by Gasteiger charge is -2.26. The molecule has 0 unspecified atom stereocenters. The average Bonchev–Trinajstić information content (AvgIpc) is 3.07. The highest BCUT2D eigenvalue weighted by molar-refractivity contribution is 5.91. The summed E-state index contributed by atoms with van der Waals surface area (Å²) in [5.74, 6) is -1.98. The van der Waals surface area contributed by atoms with Gasteiger partial charge in [-0.1, -0.05) is 26.0 Å². The Kier molecular flexibility index (Phi) is 18.5. The van der Waals surface area contributed by atoms with Crippen molar-refractivity contribution in [3.63, 3.8) is 0 Å². The summed E-state index contributed by atoms with van der Waals surface area (Å²) >= 11 is 0. The number of hydrogen-bond acceptors (Lipinski definition) is 11. The van der Waals surface area contributed by atoms with E-state index < -0.39 is 24.0 Å². The number of likely N-dealkylation sites (N-methyl/N-ethyl adjacent to an activating group) is 1. The second-order valence-corrected chi connectivity index (χ2v) is 12.4. The molecule has 1 fully saturated rings. The van der Waals surface area contributed by atoms with Crippen LogP contribution in [0.1, 0.15) is 65.9 Å². The number of hydroxylamine groups is 1. The Hall–Kier alpha value is -3.75. The Balaban J connectivity index is 1.78. The first-order valence-electron chi connectivity index (χ1n) is 16.8. The van der Waals surface area contributed by atoms with E-state index in [0.717, 1.165) is 30.9 Å². The van der Waals surface area contributed by atoms with Gasteiger partial charge in [0.15, 0.2) is 5.78 Å². The number of benzene rings is 1. The van der Waals surface area contributed by atoms with Crippen LogP contribution in [0.25, 0.3) is 0 Å². The van der Waals surface area contributed by atoms with E-state index in [9.17, 15) is 24.0 Å². The predicted octanol–water partition coefficient (Wildman–Crippen LogP) is 3.00. The fourth-order valence-electron chi connectivity index (χ4n) is 4.77. The molecule has 14 nitrogen and oxygen atoms in total. The van der Waals surface area contributed by atoms with Gasteiger partial charge in [0.25, 0.3) is 5.91 Å². The largest absolute Gasteiger partial charge is 0.445 e. The first-order chi connectivity index (χ1) is 22.9. The highest BCUT2D eigenvalue weighted by Gasteiger charge is 2.24. The molecular weight excluding hydrogens is 622 g/mol. The molecule has 2 rings (SSSR count). The minimum absolute atomic E-state index is 0.0667. The number of carbonyl (C=O) groups is 5. The summed E-state index contributed by atoms with van der Waals surface area (Å²) in [6.07, 6.45) is -0.681. The van der Waals surface area contributed by atoms with Gasteiger partial charge in [-0.05, 0) is 44.9 Å². The number of amides is 3. The molecule has 14 heteroatoms. The number of morpholine rings is 1. The molecule has 1 aromatic carbocycles. The van der Waals surface area contributed by atoms with Crippen LogP contribution in [0, 0.1) is 5.92 Å². The number of hydrogen-bond donors (Lipinski definition) is 2. The van der Waals surface area contributed by atoms with Gasteiger partial charge in [-0.3, -0.25) is 19.3 Å². The number of anilines is 1. The van der Waals surface area contributed by atoms with E-state index in [2.05, 4.69) is 29.5 Å². The molecule has 0 saturated carbocycles. The van der Waals surface area contributed by atoms with Gasteiger partial charge in [0, 0.05) is 76.7 Å². The zero-order chi connectivity index (χ0) is 35.5. The van der Waals surface area contributed by atoms with Crippen molar-refractivity contribution in [3.05, 3.63) is 29.8 Å². The van der Waals surface area contributed by atoms with Gasteiger partial charge in [-0.25, -0.2) is 9.59 Å². The topological polar surface area (TPSA) is 156 Å². The zero-order valence-corrected chi connectivity index (χ0v) is 29.5. The minimum Gasteiger partial charge on any atom is -0.445 e. The van der Waals surface area contributed by atoms with E-state index in [1.165, 1.54) is 16.8 Å². The monoisotopic (exact) mass is 677 g/mol. The second kappa shape index (κ2) is 22.0. The molecular formula is C34H55N5O9. The summed E-state index contributed by atoms with van der Waals surface area (Å²) in [5.41, 5.74) is 3.88. The molecule has 1 aliphatic rings. The summed E-state index contributed by atoms with van der Waals surface area (Å²) in [6.45, 7) is 14.6. The number of ether oxygens (including phenoxy) is 3. The number of nitrogens with zero attached hydrogens (tertiary/aromatic N) is 3. The van der Waals surface area contributed by atoms with Crippen LogP contribution in [0.2, 0.25) is 0 Å². The molecule has 2 N–H and O–H groups in total. The SMILES string of the molecule is CC(C)Nc1ccc(COC(=O)N(CCCC(=O)ONC(=O)CCC(=O)N(C)[C@H](C)C(=O)C(C)C)CCOCCN2CCOCC2)cc1. The van der Waals surface area contributed by atoms with E-state index >= 15 is 0 Å². The van der Waals surface area contributed by atoms with E-state index in [1.54, 1.807) is 20.8 Å². The van der Waals surface area contributed by atoms with Crippen LogP contribution in [-0.4, -0.2) is 123 Å². The molecule has 270 valence electrons. The van der Waals surface area contributed by atoms with Gasteiger partial charge in [-0.15, -0.1) is 0 Å². The standard InChI is InChI=1S/C34H55N5O9/c1-25(2)33(43)27(5)37(6)31(41)14-13-30(40)36-48-32(42)8-7-15-39(19-23-46-22-18-38-16-20-45-21-17-38)34(44)47-24-28-9-11-29(12-10-28)35-26(3)4/h9-12,25-27,35H,7-8,13-24H2,1-6H3,(H,36,40)/t27-/m1/s1. The van der Waals surface area contributed by atoms with Crippen LogP contribution in [0.5, 0.6) is 0 Å². The van der Waals surface area contributed by atoms with Crippen molar-refractivity contribution in [2.45, 2.75) is 79.0 Å². The summed E-state index contributed by atoms with van der Waals surface area (Å²) in [6, 6.07) is 7.34. The lowest BCUT2D eigenvalue weighted by Crippen LogP contribution is -2.42. The van der Waals surface area contributed by atoms with Crippen molar-refractivity contribution < 1.29 is 43.0 Å². The number of Topliss-reactive ketones (excluding diaryl/α,β-unsaturated/α-hetero) is 1. The van der Waals surface area contributed by atoms with Crippen molar-refractivity contribution in [2.24, 2.45) is 5.92 Å². The van der Waals surface area contributed by atoms with Gasteiger partial charge in [-0.2, -0.15) is 5.48 Å². The first-order valence-corrected chi connectivity index (χ1v) is 16.8. The van der Waals surface area contributed by atoms with Crippen LogP contribution in [0.15, 0.2) is 24.3 Å². The second-order valence-electron chi connectivity index (χ2n) is 12.4. The molecule has 0 aromatic heterocycles.